The van der Waals surface area contributed by atoms with Crippen molar-refractivity contribution in [2.75, 3.05) is 5.32 Å². The molecule has 5 nitrogen and oxygen atoms in total. The van der Waals surface area contributed by atoms with Crippen LogP contribution in [-0.4, -0.2) is 22.9 Å². The molecule has 20 heavy (non-hydrogen) atoms. The Bertz CT molecular complexity index is 561. The van der Waals surface area contributed by atoms with Crippen LogP contribution < -0.4 is 5.32 Å². The molecule has 0 fully saturated rings. The van der Waals surface area contributed by atoms with E-state index in [1.54, 1.807) is 0 Å². The van der Waals surface area contributed by atoms with Crippen LogP contribution in [0.1, 0.15) is 0 Å². The Morgan fingerprint density at radius 3 is 2.20 bits per heavy atom. The van der Waals surface area contributed by atoms with Crippen molar-refractivity contribution in [1.29, 1.82) is 0 Å². The summed E-state index contributed by atoms with van der Waals surface area (Å²) in [5.74, 6) is -8.15. The Morgan fingerprint density at radius 2 is 1.80 bits per heavy atom. The molecule has 0 aliphatic heterocycles. The van der Waals surface area contributed by atoms with Crippen LogP contribution in [0.5, 0.6) is 0 Å². The summed E-state index contributed by atoms with van der Waals surface area (Å²) in [5, 5.41) is 11.8. The van der Waals surface area contributed by atoms with E-state index in [4.69, 9.17) is 0 Å². The number of carbonyl (C=O) groups excluding carboxylic acids is 1. The van der Waals surface area contributed by atoms with Crippen LogP contribution in [0.25, 0.3) is 0 Å². The number of nitrogens with zero attached hydrogens (tertiary/aromatic N) is 1. The molecule has 1 amide bonds. The second-order valence-corrected chi connectivity index (χ2v) is 4.30. The first-order chi connectivity index (χ1) is 8.96. The summed E-state index contributed by atoms with van der Waals surface area (Å²) in [6.07, 6.45) is -6.03. The quantitative estimate of drug-likeness (QED) is 0.508. The molecule has 11 heteroatoms. The van der Waals surface area contributed by atoms with Crippen molar-refractivity contribution in [1.82, 2.24) is 0 Å². The highest BCUT2D eigenvalue weighted by Crippen LogP contribution is 2.36. The Labute approximate surface area is 116 Å². The van der Waals surface area contributed by atoms with E-state index in [1.807, 2.05) is 0 Å². The van der Waals surface area contributed by atoms with Gasteiger partial charge in [0.1, 0.15) is 0 Å². The summed E-state index contributed by atoms with van der Waals surface area (Å²) < 4.78 is 60.9. The zero-order chi connectivity index (χ0) is 15.7. The molecule has 0 aliphatic rings. The Morgan fingerprint density at radius 1 is 1.25 bits per heavy atom. The lowest BCUT2D eigenvalue weighted by molar-refractivity contribution is -0.385. The maximum absolute atomic E-state index is 12.7. The molecule has 0 radical (unpaired) electrons. The zero-order valence-electron chi connectivity index (χ0n) is 9.17. The van der Waals surface area contributed by atoms with E-state index in [0.717, 1.165) is 18.2 Å². The monoisotopic (exact) mass is 362 g/mol. The predicted molar refractivity (Wildman–Crippen MR) is 60.4 cm³/mol. The van der Waals surface area contributed by atoms with E-state index in [-0.39, 0.29) is 4.47 Å². The predicted octanol–water partition coefficient (Wildman–Crippen LogP) is 3.49. The summed E-state index contributed by atoms with van der Waals surface area (Å²) in [5.41, 5.74) is -0.887. The van der Waals surface area contributed by atoms with Crippen LogP contribution in [0.3, 0.4) is 0 Å². The van der Waals surface area contributed by atoms with Crippen LogP contribution in [0.2, 0.25) is 0 Å². The fourth-order valence-electron chi connectivity index (χ4n) is 1.07. The maximum atomic E-state index is 12.7. The lowest BCUT2D eigenvalue weighted by atomic mass is 10.2. The summed E-state index contributed by atoms with van der Waals surface area (Å²) >= 11 is 2.72. The highest BCUT2D eigenvalue weighted by molar-refractivity contribution is 9.10. The lowest BCUT2D eigenvalue weighted by Gasteiger charge is -2.18. The third kappa shape index (κ3) is 3.21. The normalized spacial score (nSPS) is 12.1. The van der Waals surface area contributed by atoms with Gasteiger partial charge in [0.05, 0.1) is 9.40 Å². The second kappa shape index (κ2) is 5.31. The van der Waals surface area contributed by atoms with Gasteiger partial charge < -0.3 is 5.32 Å². The second-order valence-electron chi connectivity index (χ2n) is 3.45. The molecule has 0 saturated heterocycles. The zero-order valence-corrected chi connectivity index (χ0v) is 10.8. The van der Waals surface area contributed by atoms with Crippen molar-refractivity contribution in [3.63, 3.8) is 0 Å². The molecule has 0 aromatic heterocycles. The molecule has 0 atom stereocenters. The number of amides is 1. The van der Waals surface area contributed by atoms with E-state index in [0.29, 0.717) is 0 Å². The number of carbonyl (C=O) groups is 1. The van der Waals surface area contributed by atoms with Gasteiger partial charge in [-0.2, -0.15) is 22.0 Å². The Kier molecular flexibility index (Phi) is 4.32. The molecule has 0 bridgehead atoms. The van der Waals surface area contributed by atoms with E-state index >= 15 is 0 Å². The smallest absolute Gasteiger partial charge is 0.320 e. The Balaban J connectivity index is 2.98. The SMILES string of the molecule is O=C(Nc1ccc([N+](=O)[O-])c(Br)c1)C(F)(F)C(F)(F)F. The minimum absolute atomic E-state index is 0.185. The molecule has 1 aromatic carbocycles. The molecule has 1 aromatic rings. The molecular weight excluding hydrogens is 359 g/mol. The number of hydrogen-bond donors (Lipinski definition) is 1. The molecule has 1 rings (SSSR count). The largest absolute Gasteiger partial charge is 0.463 e. The number of anilines is 1. The average molecular weight is 363 g/mol. The molecule has 1 N–H and O–H groups in total. The average Bonchev–Trinajstić information content (AvgIpc) is 2.26. The molecule has 0 heterocycles. The van der Waals surface area contributed by atoms with Crippen molar-refractivity contribution in [2.24, 2.45) is 0 Å². The van der Waals surface area contributed by atoms with Gasteiger partial charge in [-0.05, 0) is 28.1 Å². The van der Waals surface area contributed by atoms with Crippen molar-refractivity contribution in [3.8, 4) is 0 Å². The number of rotatable bonds is 3. The van der Waals surface area contributed by atoms with Crippen molar-refractivity contribution in [3.05, 3.63) is 32.8 Å². The van der Waals surface area contributed by atoms with E-state index in [2.05, 4.69) is 15.9 Å². The van der Waals surface area contributed by atoms with Crippen LogP contribution in [0.15, 0.2) is 22.7 Å². The van der Waals surface area contributed by atoms with Crippen molar-refractivity contribution < 1.29 is 31.7 Å². The van der Waals surface area contributed by atoms with Gasteiger partial charge in [-0.25, -0.2) is 0 Å². The van der Waals surface area contributed by atoms with Crippen molar-refractivity contribution >= 4 is 33.2 Å². The van der Waals surface area contributed by atoms with Gasteiger partial charge in [0.15, 0.2) is 0 Å². The maximum Gasteiger partial charge on any atom is 0.463 e. The van der Waals surface area contributed by atoms with E-state index in [1.165, 1.54) is 5.32 Å². The molecule has 0 saturated carbocycles. The third-order valence-corrected chi connectivity index (χ3v) is 2.68. The van der Waals surface area contributed by atoms with Gasteiger partial charge in [0, 0.05) is 11.8 Å². The first kappa shape index (κ1) is 16.3. The number of nitro groups is 1. The van der Waals surface area contributed by atoms with Crippen LogP contribution >= 0.6 is 15.9 Å². The fraction of sp³-hybridized carbons (Fsp3) is 0.222. The van der Waals surface area contributed by atoms with E-state index in [9.17, 15) is 36.9 Å². The number of nitrogens with one attached hydrogen (secondary N) is 1. The lowest BCUT2D eigenvalue weighted by Crippen LogP contribution is -2.47. The van der Waals surface area contributed by atoms with Gasteiger partial charge in [0.2, 0.25) is 0 Å². The Hall–Kier alpha value is -1.78. The van der Waals surface area contributed by atoms with E-state index < -0.39 is 34.3 Å². The summed E-state index contributed by atoms with van der Waals surface area (Å²) in [6.45, 7) is 0. The highest BCUT2D eigenvalue weighted by atomic mass is 79.9. The number of benzene rings is 1. The van der Waals surface area contributed by atoms with Gasteiger partial charge in [-0.15, -0.1) is 0 Å². The molecule has 0 aliphatic carbocycles. The molecule has 0 spiro atoms. The first-order valence-corrected chi connectivity index (χ1v) is 5.46. The van der Waals surface area contributed by atoms with Gasteiger partial charge in [0.25, 0.3) is 5.69 Å². The number of nitro benzene ring substituents is 1. The van der Waals surface area contributed by atoms with Gasteiger partial charge in [-0.1, -0.05) is 0 Å². The van der Waals surface area contributed by atoms with Crippen LogP contribution in [0, 0.1) is 10.1 Å². The standard InChI is InChI=1S/C9H4BrF5N2O3/c10-5-3-4(1-2-6(5)17(19)20)16-7(18)8(11,12)9(13,14)15/h1-3H,(H,16,18). The minimum atomic E-state index is -6.03. The molecule has 110 valence electrons. The first-order valence-electron chi connectivity index (χ1n) is 4.66. The van der Waals surface area contributed by atoms with Crippen LogP contribution in [0.4, 0.5) is 33.3 Å². The summed E-state index contributed by atoms with van der Waals surface area (Å²) in [4.78, 5) is 20.5. The fourth-order valence-corrected chi connectivity index (χ4v) is 1.59. The minimum Gasteiger partial charge on any atom is -0.320 e. The van der Waals surface area contributed by atoms with Crippen LogP contribution in [-0.2, 0) is 4.79 Å². The molecular formula is C9H4BrF5N2O3. The molecule has 0 unspecified atom stereocenters. The summed E-state index contributed by atoms with van der Waals surface area (Å²) in [7, 11) is 0. The number of hydrogen-bond acceptors (Lipinski definition) is 3. The topological polar surface area (TPSA) is 72.2 Å². The van der Waals surface area contributed by atoms with Crippen molar-refractivity contribution in [2.45, 2.75) is 12.1 Å². The third-order valence-electron chi connectivity index (χ3n) is 2.04. The highest BCUT2D eigenvalue weighted by Gasteiger charge is 2.63. The number of alkyl halides is 5. The number of halogens is 6. The van der Waals surface area contributed by atoms with Gasteiger partial charge >= 0.3 is 18.0 Å². The summed E-state index contributed by atoms with van der Waals surface area (Å²) in [6, 6.07) is 2.50. The van der Waals surface area contributed by atoms with Gasteiger partial charge in [-0.3, -0.25) is 14.9 Å².